The molecule has 0 saturated heterocycles. The van der Waals surface area contributed by atoms with Crippen LogP contribution in [-0.2, 0) is 13.0 Å². The quantitative estimate of drug-likeness (QED) is 0.793. The molecule has 1 fully saturated rings. The number of hydrogen-bond acceptors (Lipinski definition) is 3. The largest absolute Gasteiger partial charge is 0.314 e. The minimum atomic E-state index is 0.591. The average molecular weight is 285 g/mol. The zero-order valence-electron chi connectivity index (χ0n) is 12.2. The van der Waals surface area contributed by atoms with Crippen LogP contribution in [-0.4, -0.2) is 47.9 Å². The first-order chi connectivity index (χ1) is 9.06. The molecule has 1 unspecified atom stereocenters. The second-order valence-corrected chi connectivity index (χ2v) is 6.36. The third-order valence-corrected chi connectivity index (χ3v) is 3.85. The molecule has 1 saturated carbocycles. The van der Waals surface area contributed by atoms with E-state index in [-0.39, 0.29) is 0 Å². The Morgan fingerprint density at radius 1 is 1.53 bits per heavy atom. The second kappa shape index (κ2) is 6.73. The molecule has 1 N–H and O–H groups in total. The van der Waals surface area contributed by atoms with Crippen molar-refractivity contribution in [1.29, 1.82) is 0 Å². The molecule has 1 aliphatic carbocycles. The van der Waals surface area contributed by atoms with Crippen molar-refractivity contribution in [2.45, 2.75) is 38.8 Å². The highest BCUT2D eigenvalue weighted by Crippen LogP contribution is 2.21. The van der Waals surface area contributed by atoms with E-state index in [4.69, 9.17) is 11.6 Å². The Bertz CT molecular complexity index is 398. The number of nitrogens with zero attached hydrogens (tertiary/aromatic N) is 3. The van der Waals surface area contributed by atoms with E-state index in [0.717, 1.165) is 37.1 Å². The zero-order valence-corrected chi connectivity index (χ0v) is 13.0. The lowest BCUT2D eigenvalue weighted by Gasteiger charge is -2.16. The van der Waals surface area contributed by atoms with Crippen LogP contribution >= 0.6 is 11.6 Å². The third kappa shape index (κ3) is 4.79. The number of likely N-dealkylation sites (N-methyl/N-ethyl adjacent to an activating group) is 1. The molecule has 1 aromatic heterocycles. The normalized spacial score (nSPS) is 17.1. The molecule has 19 heavy (non-hydrogen) atoms. The van der Waals surface area contributed by atoms with Crippen LogP contribution in [0.1, 0.15) is 25.5 Å². The van der Waals surface area contributed by atoms with Gasteiger partial charge in [-0.15, -0.1) is 0 Å². The van der Waals surface area contributed by atoms with E-state index in [1.54, 1.807) is 6.20 Å². The number of rotatable bonds is 8. The van der Waals surface area contributed by atoms with Crippen LogP contribution in [0.15, 0.2) is 6.20 Å². The van der Waals surface area contributed by atoms with Gasteiger partial charge >= 0.3 is 0 Å². The van der Waals surface area contributed by atoms with Crippen LogP contribution in [0.2, 0.25) is 5.02 Å². The summed E-state index contributed by atoms with van der Waals surface area (Å²) in [6, 6.07) is 0.775. The van der Waals surface area contributed by atoms with Crippen LogP contribution in [0.5, 0.6) is 0 Å². The van der Waals surface area contributed by atoms with E-state index in [1.165, 1.54) is 18.5 Å². The first kappa shape index (κ1) is 14.8. The van der Waals surface area contributed by atoms with Crippen LogP contribution in [0.25, 0.3) is 0 Å². The maximum atomic E-state index is 6.26. The fraction of sp³-hybridized carbons (Fsp3) is 0.786. The van der Waals surface area contributed by atoms with Crippen molar-refractivity contribution in [3.8, 4) is 0 Å². The fourth-order valence-corrected chi connectivity index (χ4v) is 2.35. The topological polar surface area (TPSA) is 33.1 Å². The molecule has 2 rings (SSSR count). The predicted molar refractivity (Wildman–Crippen MR) is 79.7 cm³/mol. The standard InChI is InChI=1S/C14H25ClN4/c1-11(9-16-12-4-5-12)8-14-13(15)10-17-19(14)7-6-18(2)3/h10-12,16H,4-9H2,1-3H3. The van der Waals surface area contributed by atoms with Crippen LogP contribution in [0.3, 0.4) is 0 Å². The Labute approximate surface area is 121 Å². The number of nitrogens with one attached hydrogen (secondary N) is 1. The van der Waals surface area contributed by atoms with Gasteiger partial charge in [0, 0.05) is 12.6 Å². The van der Waals surface area contributed by atoms with Crippen molar-refractivity contribution in [2.75, 3.05) is 27.2 Å². The summed E-state index contributed by atoms with van der Waals surface area (Å²) in [4.78, 5) is 2.16. The van der Waals surface area contributed by atoms with Crippen molar-refractivity contribution >= 4 is 11.6 Å². The molecular weight excluding hydrogens is 260 g/mol. The maximum absolute atomic E-state index is 6.26. The Balaban J connectivity index is 1.87. The molecule has 1 atom stereocenters. The minimum Gasteiger partial charge on any atom is -0.314 e. The fourth-order valence-electron chi connectivity index (χ4n) is 2.14. The Hall–Kier alpha value is -0.580. The van der Waals surface area contributed by atoms with Crippen molar-refractivity contribution in [2.24, 2.45) is 5.92 Å². The molecular formula is C14H25ClN4. The molecule has 1 aromatic rings. The minimum absolute atomic E-state index is 0.591. The molecule has 4 nitrogen and oxygen atoms in total. The van der Waals surface area contributed by atoms with E-state index in [0.29, 0.717) is 5.92 Å². The predicted octanol–water partition coefficient (Wildman–Crippen LogP) is 2.03. The highest BCUT2D eigenvalue weighted by Gasteiger charge is 2.21. The smallest absolute Gasteiger partial charge is 0.0817 e. The summed E-state index contributed by atoms with van der Waals surface area (Å²) in [5.41, 5.74) is 1.17. The highest BCUT2D eigenvalue weighted by atomic mass is 35.5. The Morgan fingerprint density at radius 2 is 2.26 bits per heavy atom. The Morgan fingerprint density at radius 3 is 2.89 bits per heavy atom. The number of hydrogen-bond donors (Lipinski definition) is 1. The summed E-state index contributed by atoms with van der Waals surface area (Å²) >= 11 is 6.26. The first-order valence-electron chi connectivity index (χ1n) is 7.14. The van der Waals surface area contributed by atoms with Gasteiger partial charge in [-0.2, -0.15) is 5.10 Å². The third-order valence-electron chi connectivity index (χ3n) is 3.53. The van der Waals surface area contributed by atoms with Crippen molar-refractivity contribution in [3.63, 3.8) is 0 Å². The first-order valence-corrected chi connectivity index (χ1v) is 7.52. The number of aromatic nitrogens is 2. The van der Waals surface area contributed by atoms with Crippen LogP contribution < -0.4 is 5.32 Å². The van der Waals surface area contributed by atoms with Gasteiger partial charge in [0.05, 0.1) is 23.5 Å². The van der Waals surface area contributed by atoms with Gasteiger partial charge < -0.3 is 10.2 Å². The summed E-state index contributed by atoms with van der Waals surface area (Å²) in [6.45, 7) is 5.23. The van der Waals surface area contributed by atoms with Crippen molar-refractivity contribution in [3.05, 3.63) is 16.9 Å². The van der Waals surface area contributed by atoms with E-state index >= 15 is 0 Å². The molecule has 5 heteroatoms. The van der Waals surface area contributed by atoms with Gasteiger partial charge in [-0.3, -0.25) is 4.68 Å². The lowest BCUT2D eigenvalue weighted by atomic mass is 10.1. The van der Waals surface area contributed by atoms with E-state index in [9.17, 15) is 0 Å². The van der Waals surface area contributed by atoms with Gasteiger partial charge in [0.1, 0.15) is 0 Å². The molecule has 0 bridgehead atoms. The van der Waals surface area contributed by atoms with Gasteiger partial charge in [0.2, 0.25) is 0 Å². The van der Waals surface area contributed by atoms with Crippen molar-refractivity contribution in [1.82, 2.24) is 20.0 Å². The summed E-state index contributed by atoms with van der Waals surface area (Å²) in [5.74, 6) is 0.591. The second-order valence-electron chi connectivity index (χ2n) is 5.96. The molecule has 108 valence electrons. The van der Waals surface area contributed by atoms with Gasteiger partial charge in [-0.1, -0.05) is 18.5 Å². The highest BCUT2D eigenvalue weighted by molar-refractivity contribution is 6.31. The molecule has 0 radical (unpaired) electrons. The lowest BCUT2D eigenvalue weighted by Crippen LogP contribution is -2.26. The van der Waals surface area contributed by atoms with Crippen LogP contribution in [0, 0.1) is 5.92 Å². The van der Waals surface area contributed by atoms with E-state index in [1.807, 2.05) is 0 Å². The van der Waals surface area contributed by atoms with E-state index < -0.39 is 0 Å². The zero-order chi connectivity index (χ0) is 13.8. The molecule has 0 aromatic carbocycles. The molecule has 0 aliphatic heterocycles. The van der Waals surface area contributed by atoms with E-state index in [2.05, 4.69) is 41.0 Å². The lowest BCUT2D eigenvalue weighted by molar-refractivity contribution is 0.366. The molecule has 0 spiro atoms. The van der Waals surface area contributed by atoms with Gasteiger partial charge in [0.25, 0.3) is 0 Å². The summed E-state index contributed by atoms with van der Waals surface area (Å²) in [5, 5.41) is 8.77. The maximum Gasteiger partial charge on any atom is 0.0817 e. The van der Waals surface area contributed by atoms with Gasteiger partial charge in [-0.25, -0.2) is 0 Å². The summed E-state index contributed by atoms with van der Waals surface area (Å²) in [6.07, 6.45) is 5.45. The van der Waals surface area contributed by atoms with Crippen LogP contribution in [0.4, 0.5) is 0 Å². The summed E-state index contributed by atoms with van der Waals surface area (Å²) in [7, 11) is 4.15. The summed E-state index contributed by atoms with van der Waals surface area (Å²) < 4.78 is 2.05. The number of halogens is 1. The van der Waals surface area contributed by atoms with Crippen molar-refractivity contribution < 1.29 is 0 Å². The van der Waals surface area contributed by atoms with Gasteiger partial charge in [0.15, 0.2) is 0 Å². The SMILES string of the molecule is CC(CNC1CC1)Cc1c(Cl)cnn1CCN(C)C. The molecule has 1 aliphatic rings. The Kier molecular flexibility index (Phi) is 5.25. The molecule has 0 amide bonds. The monoisotopic (exact) mass is 284 g/mol. The molecule has 1 heterocycles. The average Bonchev–Trinajstić information content (AvgIpc) is 3.12. The van der Waals surface area contributed by atoms with Gasteiger partial charge in [-0.05, 0) is 45.8 Å².